The highest BCUT2D eigenvalue weighted by Crippen LogP contribution is 2.19. The largest absolute Gasteiger partial charge is 0.479 e. The molecule has 0 aliphatic rings. The molecule has 0 aliphatic heterocycles. The molecule has 15 heavy (non-hydrogen) atoms. The molecule has 0 radical (unpaired) electrons. The lowest BCUT2D eigenvalue weighted by atomic mass is 10.1. The van der Waals surface area contributed by atoms with Crippen molar-refractivity contribution in [1.29, 1.82) is 0 Å². The molecule has 1 aromatic carbocycles. The van der Waals surface area contributed by atoms with Crippen molar-refractivity contribution in [2.45, 2.75) is 6.10 Å². The second-order valence-corrected chi connectivity index (χ2v) is 3.22. The third-order valence-electron chi connectivity index (χ3n) is 2.21. The molecular weight excluding hydrogens is 194 g/mol. The number of rotatable bonds is 2. The summed E-state index contributed by atoms with van der Waals surface area (Å²) in [5, 5.41) is 19.8. The molecule has 1 unspecified atom stereocenters. The molecule has 1 atom stereocenters. The van der Waals surface area contributed by atoms with Crippen LogP contribution >= 0.6 is 0 Å². The van der Waals surface area contributed by atoms with Crippen molar-refractivity contribution in [3.05, 3.63) is 42.2 Å². The summed E-state index contributed by atoms with van der Waals surface area (Å²) in [7, 11) is 0. The van der Waals surface area contributed by atoms with Gasteiger partial charge in [-0.3, -0.25) is 4.98 Å². The van der Waals surface area contributed by atoms with Crippen molar-refractivity contribution in [2.24, 2.45) is 0 Å². The summed E-state index contributed by atoms with van der Waals surface area (Å²) < 4.78 is 0. The second kappa shape index (κ2) is 3.67. The van der Waals surface area contributed by atoms with Gasteiger partial charge in [-0.05, 0) is 23.1 Å². The van der Waals surface area contributed by atoms with E-state index >= 15 is 0 Å². The van der Waals surface area contributed by atoms with E-state index in [0.717, 1.165) is 10.8 Å². The van der Waals surface area contributed by atoms with Crippen LogP contribution in [0.1, 0.15) is 11.7 Å². The number of aliphatic hydroxyl groups is 1. The average molecular weight is 203 g/mol. The quantitative estimate of drug-likeness (QED) is 0.772. The molecule has 0 fully saturated rings. The monoisotopic (exact) mass is 203 g/mol. The van der Waals surface area contributed by atoms with E-state index in [9.17, 15) is 9.90 Å². The maximum atomic E-state index is 10.6. The molecule has 4 heteroatoms. The lowest BCUT2D eigenvalue weighted by Gasteiger charge is -2.06. The fourth-order valence-electron chi connectivity index (χ4n) is 1.41. The molecule has 0 spiro atoms. The highest BCUT2D eigenvalue weighted by molar-refractivity contribution is 5.84. The van der Waals surface area contributed by atoms with Crippen molar-refractivity contribution >= 4 is 16.7 Å². The standard InChI is InChI=1S/C11H9NO3/c13-10(11(14)15)8-1-2-9-6-12-4-3-7(9)5-8/h1-6,10,13H,(H,14,15). The third kappa shape index (κ3) is 1.80. The van der Waals surface area contributed by atoms with E-state index in [4.69, 9.17) is 5.11 Å². The number of hydrogen-bond acceptors (Lipinski definition) is 3. The summed E-state index contributed by atoms with van der Waals surface area (Å²) in [5.74, 6) is -1.25. The van der Waals surface area contributed by atoms with E-state index in [1.165, 1.54) is 0 Å². The van der Waals surface area contributed by atoms with E-state index in [1.807, 2.05) is 0 Å². The predicted octanol–water partition coefficient (Wildman–Crippen LogP) is 1.35. The Bertz CT molecular complexity index is 510. The number of carboxylic acid groups (broad SMARTS) is 1. The second-order valence-electron chi connectivity index (χ2n) is 3.22. The van der Waals surface area contributed by atoms with Crippen LogP contribution in [-0.4, -0.2) is 21.2 Å². The Hall–Kier alpha value is -1.94. The zero-order chi connectivity index (χ0) is 10.8. The first-order valence-corrected chi connectivity index (χ1v) is 4.43. The number of aromatic nitrogens is 1. The maximum Gasteiger partial charge on any atom is 0.337 e. The molecule has 0 amide bonds. The van der Waals surface area contributed by atoms with Crippen LogP contribution in [0.25, 0.3) is 10.8 Å². The minimum Gasteiger partial charge on any atom is -0.479 e. The summed E-state index contributed by atoms with van der Waals surface area (Å²) >= 11 is 0. The molecule has 1 aromatic heterocycles. The van der Waals surface area contributed by atoms with Crippen LogP contribution in [0.3, 0.4) is 0 Å². The van der Waals surface area contributed by atoms with Crippen molar-refractivity contribution in [1.82, 2.24) is 4.98 Å². The number of aliphatic hydroxyl groups excluding tert-OH is 1. The molecule has 2 aromatic rings. The lowest BCUT2D eigenvalue weighted by Crippen LogP contribution is -2.10. The van der Waals surface area contributed by atoms with Gasteiger partial charge in [-0.15, -0.1) is 0 Å². The Morgan fingerprint density at radius 3 is 2.80 bits per heavy atom. The Morgan fingerprint density at radius 2 is 2.07 bits per heavy atom. The molecule has 0 bridgehead atoms. The van der Waals surface area contributed by atoms with Gasteiger partial charge in [0.25, 0.3) is 0 Å². The van der Waals surface area contributed by atoms with Crippen LogP contribution < -0.4 is 0 Å². The molecule has 76 valence electrons. The van der Waals surface area contributed by atoms with Crippen LogP contribution in [0.15, 0.2) is 36.7 Å². The van der Waals surface area contributed by atoms with Gasteiger partial charge in [-0.25, -0.2) is 4.79 Å². The minimum absolute atomic E-state index is 0.376. The van der Waals surface area contributed by atoms with Gasteiger partial charge in [0.05, 0.1) is 0 Å². The van der Waals surface area contributed by atoms with Gasteiger partial charge < -0.3 is 10.2 Å². The summed E-state index contributed by atoms with van der Waals surface area (Å²) in [6.07, 6.45) is 1.84. The van der Waals surface area contributed by atoms with E-state index in [2.05, 4.69) is 4.98 Å². The minimum atomic E-state index is -1.47. The first-order valence-electron chi connectivity index (χ1n) is 4.43. The zero-order valence-electron chi connectivity index (χ0n) is 7.79. The van der Waals surface area contributed by atoms with Crippen molar-refractivity contribution in [3.8, 4) is 0 Å². The zero-order valence-corrected chi connectivity index (χ0v) is 7.79. The van der Waals surface area contributed by atoms with Gasteiger partial charge >= 0.3 is 5.97 Å². The van der Waals surface area contributed by atoms with Crippen LogP contribution in [0.5, 0.6) is 0 Å². The molecule has 1 heterocycles. The van der Waals surface area contributed by atoms with Crippen LogP contribution in [0.4, 0.5) is 0 Å². The first kappa shape index (κ1) is 9.61. The van der Waals surface area contributed by atoms with Gasteiger partial charge in [-0.1, -0.05) is 12.1 Å². The molecular formula is C11H9NO3. The molecule has 4 nitrogen and oxygen atoms in total. The van der Waals surface area contributed by atoms with Gasteiger partial charge in [0.2, 0.25) is 0 Å². The highest BCUT2D eigenvalue weighted by atomic mass is 16.4. The number of fused-ring (bicyclic) bond motifs is 1. The topological polar surface area (TPSA) is 70.4 Å². The smallest absolute Gasteiger partial charge is 0.337 e. The highest BCUT2D eigenvalue weighted by Gasteiger charge is 2.15. The lowest BCUT2D eigenvalue weighted by molar-refractivity contribution is -0.146. The van der Waals surface area contributed by atoms with Gasteiger partial charge in [0.1, 0.15) is 0 Å². The summed E-state index contributed by atoms with van der Waals surface area (Å²) in [4.78, 5) is 14.5. The van der Waals surface area contributed by atoms with E-state index < -0.39 is 12.1 Å². The number of benzene rings is 1. The number of carbonyl (C=O) groups is 1. The molecule has 0 saturated carbocycles. The SMILES string of the molecule is O=C(O)C(O)c1ccc2cnccc2c1. The first-order chi connectivity index (χ1) is 7.18. The molecule has 2 N–H and O–H groups in total. The Kier molecular flexibility index (Phi) is 2.35. The van der Waals surface area contributed by atoms with E-state index in [1.54, 1.807) is 36.7 Å². The Morgan fingerprint density at radius 1 is 1.27 bits per heavy atom. The fraction of sp³-hybridized carbons (Fsp3) is 0.0909. The van der Waals surface area contributed by atoms with Crippen molar-refractivity contribution < 1.29 is 15.0 Å². The van der Waals surface area contributed by atoms with Crippen LogP contribution in [0, 0.1) is 0 Å². The average Bonchev–Trinajstić information content (AvgIpc) is 2.27. The normalized spacial score (nSPS) is 12.6. The summed E-state index contributed by atoms with van der Waals surface area (Å²) in [6, 6.07) is 6.75. The van der Waals surface area contributed by atoms with E-state index in [-0.39, 0.29) is 0 Å². The fourth-order valence-corrected chi connectivity index (χ4v) is 1.41. The molecule has 2 rings (SSSR count). The Labute approximate surface area is 85.8 Å². The number of aliphatic carboxylic acids is 1. The van der Waals surface area contributed by atoms with Gasteiger partial charge in [0, 0.05) is 17.8 Å². The van der Waals surface area contributed by atoms with Crippen LogP contribution in [0.2, 0.25) is 0 Å². The maximum absolute atomic E-state index is 10.6. The summed E-state index contributed by atoms with van der Waals surface area (Å²) in [5.41, 5.74) is 0.376. The van der Waals surface area contributed by atoms with Crippen molar-refractivity contribution in [3.63, 3.8) is 0 Å². The molecule has 0 aliphatic carbocycles. The van der Waals surface area contributed by atoms with Crippen LogP contribution in [-0.2, 0) is 4.79 Å². The van der Waals surface area contributed by atoms with Crippen molar-refractivity contribution in [2.75, 3.05) is 0 Å². The number of nitrogens with zero attached hydrogens (tertiary/aromatic N) is 1. The van der Waals surface area contributed by atoms with Gasteiger partial charge in [-0.2, -0.15) is 0 Å². The van der Waals surface area contributed by atoms with Gasteiger partial charge in [0.15, 0.2) is 6.10 Å². The third-order valence-corrected chi connectivity index (χ3v) is 2.21. The summed E-state index contributed by atoms with van der Waals surface area (Å²) in [6.45, 7) is 0. The molecule has 0 saturated heterocycles. The number of carboxylic acids is 1. The number of hydrogen-bond donors (Lipinski definition) is 2. The Balaban J connectivity index is 2.51. The van der Waals surface area contributed by atoms with E-state index in [0.29, 0.717) is 5.56 Å². The predicted molar refractivity (Wildman–Crippen MR) is 54.3 cm³/mol. The number of pyridine rings is 1.